The molecule has 0 aromatic heterocycles. The molecule has 1 aliphatic heterocycles. The Hall–Kier alpha value is -1.12. The van der Waals surface area contributed by atoms with E-state index in [1.807, 2.05) is 34.6 Å². The Labute approximate surface area is 91.1 Å². The third-order valence-electron chi connectivity index (χ3n) is 2.66. The highest BCUT2D eigenvalue weighted by Crippen LogP contribution is 2.30. The molecular formula is C12H19NO2. The van der Waals surface area contributed by atoms with E-state index >= 15 is 0 Å². The molecule has 84 valence electrons. The monoisotopic (exact) mass is 209 g/mol. The molecule has 3 nitrogen and oxygen atoms in total. The van der Waals surface area contributed by atoms with Crippen LogP contribution < -0.4 is 0 Å². The van der Waals surface area contributed by atoms with Crippen LogP contribution in [0.15, 0.2) is 11.1 Å². The second-order valence-corrected chi connectivity index (χ2v) is 4.78. The number of amides is 2. The summed E-state index contributed by atoms with van der Waals surface area (Å²) in [6.45, 7) is 9.49. The zero-order valence-electron chi connectivity index (χ0n) is 10.2. The van der Waals surface area contributed by atoms with E-state index in [1.165, 1.54) is 4.90 Å². The summed E-state index contributed by atoms with van der Waals surface area (Å²) >= 11 is 0. The van der Waals surface area contributed by atoms with Gasteiger partial charge in [0, 0.05) is 16.7 Å². The van der Waals surface area contributed by atoms with Crippen LogP contribution in [-0.2, 0) is 9.59 Å². The van der Waals surface area contributed by atoms with Crippen LogP contribution in [0.2, 0.25) is 0 Å². The number of hydrogen-bond donors (Lipinski definition) is 0. The molecule has 0 saturated heterocycles. The van der Waals surface area contributed by atoms with Crippen molar-refractivity contribution >= 4 is 11.8 Å². The van der Waals surface area contributed by atoms with Gasteiger partial charge in [-0.3, -0.25) is 14.5 Å². The third-order valence-corrected chi connectivity index (χ3v) is 2.66. The van der Waals surface area contributed by atoms with Gasteiger partial charge >= 0.3 is 0 Å². The van der Waals surface area contributed by atoms with Crippen molar-refractivity contribution in [3.8, 4) is 0 Å². The fourth-order valence-electron chi connectivity index (χ4n) is 1.96. The van der Waals surface area contributed by atoms with Crippen LogP contribution in [-0.4, -0.2) is 22.3 Å². The van der Waals surface area contributed by atoms with Crippen molar-refractivity contribution in [2.24, 2.45) is 0 Å². The molecule has 3 heteroatoms. The number of carbonyl (C=O) groups is 2. The first-order valence-electron chi connectivity index (χ1n) is 5.45. The second-order valence-electron chi connectivity index (χ2n) is 4.78. The first-order chi connectivity index (χ1) is 6.84. The van der Waals surface area contributed by atoms with Crippen LogP contribution in [0.4, 0.5) is 0 Å². The Balaban J connectivity index is 3.17. The van der Waals surface area contributed by atoms with Crippen LogP contribution in [0.5, 0.6) is 0 Å². The Morgan fingerprint density at radius 3 is 1.47 bits per heavy atom. The van der Waals surface area contributed by atoms with Gasteiger partial charge in [0.15, 0.2) is 0 Å². The Bertz CT molecular complexity index is 308. The van der Waals surface area contributed by atoms with Gasteiger partial charge in [0.05, 0.1) is 0 Å². The maximum Gasteiger partial charge on any atom is 0.257 e. The zero-order valence-corrected chi connectivity index (χ0v) is 10.2. The Kier molecular flexibility index (Phi) is 3.03. The van der Waals surface area contributed by atoms with Gasteiger partial charge in [-0.15, -0.1) is 0 Å². The van der Waals surface area contributed by atoms with Crippen molar-refractivity contribution in [2.75, 3.05) is 0 Å². The van der Waals surface area contributed by atoms with Crippen molar-refractivity contribution in [1.82, 2.24) is 4.90 Å². The van der Waals surface area contributed by atoms with E-state index in [9.17, 15) is 9.59 Å². The molecule has 0 aromatic rings. The average molecular weight is 209 g/mol. The minimum absolute atomic E-state index is 0.105. The van der Waals surface area contributed by atoms with Gasteiger partial charge in [0.1, 0.15) is 0 Å². The van der Waals surface area contributed by atoms with E-state index in [-0.39, 0.29) is 11.8 Å². The van der Waals surface area contributed by atoms with Crippen molar-refractivity contribution in [2.45, 2.75) is 53.0 Å². The van der Waals surface area contributed by atoms with Gasteiger partial charge in [0.2, 0.25) is 0 Å². The molecule has 0 atom stereocenters. The molecular weight excluding hydrogens is 190 g/mol. The Morgan fingerprint density at radius 2 is 1.27 bits per heavy atom. The van der Waals surface area contributed by atoms with E-state index in [0.717, 1.165) is 0 Å². The van der Waals surface area contributed by atoms with E-state index in [2.05, 4.69) is 0 Å². The van der Waals surface area contributed by atoms with Crippen LogP contribution in [0.3, 0.4) is 0 Å². The lowest BCUT2D eigenvalue weighted by molar-refractivity contribution is -0.143. The molecule has 0 fully saturated rings. The van der Waals surface area contributed by atoms with E-state index < -0.39 is 5.54 Å². The molecule has 15 heavy (non-hydrogen) atoms. The fourth-order valence-corrected chi connectivity index (χ4v) is 1.96. The lowest BCUT2D eigenvalue weighted by atomic mass is 10.1. The highest BCUT2D eigenvalue weighted by Gasteiger charge is 2.41. The van der Waals surface area contributed by atoms with Crippen LogP contribution in [0.1, 0.15) is 47.5 Å². The molecule has 0 radical (unpaired) electrons. The molecule has 0 spiro atoms. The zero-order chi connectivity index (χ0) is 11.8. The molecule has 2 amide bonds. The summed E-state index contributed by atoms with van der Waals surface area (Å²) in [5.41, 5.74) is 0.959. The smallest absolute Gasteiger partial charge is 0.257 e. The predicted molar refractivity (Wildman–Crippen MR) is 59.2 cm³/mol. The van der Waals surface area contributed by atoms with Gasteiger partial charge in [-0.05, 0) is 33.6 Å². The lowest BCUT2D eigenvalue weighted by Crippen LogP contribution is -2.46. The van der Waals surface area contributed by atoms with E-state index in [0.29, 0.717) is 24.0 Å². The molecule has 0 unspecified atom stereocenters. The van der Waals surface area contributed by atoms with Gasteiger partial charge in [-0.25, -0.2) is 0 Å². The van der Waals surface area contributed by atoms with Crippen LogP contribution in [0, 0.1) is 0 Å². The largest absolute Gasteiger partial charge is 0.270 e. The minimum atomic E-state index is -0.425. The summed E-state index contributed by atoms with van der Waals surface area (Å²) in [6.07, 6.45) is 1.28. The Morgan fingerprint density at radius 1 is 0.933 bits per heavy atom. The molecule has 0 aliphatic carbocycles. The van der Waals surface area contributed by atoms with Crippen molar-refractivity contribution in [1.29, 1.82) is 0 Å². The summed E-state index contributed by atoms with van der Waals surface area (Å²) < 4.78 is 0. The summed E-state index contributed by atoms with van der Waals surface area (Å²) in [5.74, 6) is -0.210. The van der Waals surface area contributed by atoms with Crippen molar-refractivity contribution in [3.05, 3.63) is 11.1 Å². The van der Waals surface area contributed by atoms with E-state index in [1.54, 1.807) is 0 Å². The molecule has 1 aliphatic rings. The number of nitrogens with zero attached hydrogens (tertiary/aromatic N) is 1. The average Bonchev–Trinajstić information content (AvgIpc) is 2.35. The lowest BCUT2D eigenvalue weighted by Gasteiger charge is -2.30. The topological polar surface area (TPSA) is 37.4 Å². The van der Waals surface area contributed by atoms with Gasteiger partial charge in [-0.1, -0.05) is 13.8 Å². The quantitative estimate of drug-likeness (QED) is 0.654. The standard InChI is InChI=1S/C12H19NO2/c1-6-8-9(7-2)11(15)13(10(8)14)12(3,4)5/h6-7H2,1-5H3. The molecule has 1 heterocycles. The number of rotatable bonds is 2. The van der Waals surface area contributed by atoms with Crippen LogP contribution in [0.25, 0.3) is 0 Å². The highest BCUT2D eigenvalue weighted by atomic mass is 16.2. The highest BCUT2D eigenvalue weighted by molar-refractivity contribution is 6.19. The molecule has 0 bridgehead atoms. The van der Waals surface area contributed by atoms with Crippen molar-refractivity contribution < 1.29 is 9.59 Å². The molecule has 1 rings (SSSR count). The first-order valence-corrected chi connectivity index (χ1v) is 5.45. The summed E-state index contributed by atoms with van der Waals surface area (Å²) in [4.78, 5) is 25.4. The normalized spacial score (nSPS) is 18.1. The summed E-state index contributed by atoms with van der Waals surface area (Å²) in [5, 5.41) is 0. The minimum Gasteiger partial charge on any atom is -0.270 e. The van der Waals surface area contributed by atoms with Gasteiger partial charge in [0.25, 0.3) is 11.8 Å². The molecule has 0 N–H and O–H groups in total. The second kappa shape index (κ2) is 3.80. The number of imide groups is 1. The van der Waals surface area contributed by atoms with E-state index in [4.69, 9.17) is 0 Å². The third kappa shape index (κ3) is 1.83. The first kappa shape index (κ1) is 12.0. The number of carbonyl (C=O) groups excluding carboxylic acids is 2. The van der Waals surface area contributed by atoms with Crippen molar-refractivity contribution in [3.63, 3.8) is 0 Å². The molecule has 0 aromatic carbocycles. The fraction of sp³-hybridized carbons (Fsp3) is 0.667. The maximum atomic E-state index is 12.0. The number of hydrogen-bond acceptors (Lipinski definition) is 2. The maximum absolute atomic E-state index is 12.0. The summed E-state index contributed by atoms with van der Waals surface area (Å²) in [6, 6.07) is 0. The summed E-state index contributed by atoms with van der Waals surface area (Å²) in [7, 11) is 0. The SMILES string of the molecule is CCC1=C(CC)C(=O)N(C(C)(C)C)C1=O. The van der Waals surface area contributed by atoms with Gasteiger partial charge < -0.3 is 0 Å². The van der Waals surface area contributed by atoms with Gasteiger partial charge in [-0.2, -0.15) is 0 Å². The predicted octanol–water partition coefficient (Wildman–Crippen LogP) is 2.27. The van der Waals surface area contributed by atoms with Crippen LogP contribution >= 0.6 is 0 Å². The molecule has 0 saturated carbocycles.